The van der Waals surface area contributed by atoms with Gasteiger partial charge in [0, 0.05) is 29.9 Å². The third-order valence-electron chi connectivity index (χ3n) is 2.74. The number of benzene rings is 1. The first-order chi connectivity index (χ1) is 8.08. The van der Waals surface area contributed by atoms with Gasteiger partial charge in [-0.25, -0.2) is 4.39 Å². The van der Waals surface area contributed by atoms with E-state index in [2.05, 4.69) is 10.4 Å². The van der Waals surface area contributed by atoms with Crippen LogP contribution in [0.15, 0.2) is 24.4 Å². The van der Waals surface area contributed by atoms with Crippen LogP contribution in [-0.4, -0.2) is 9.78 Å². The van der Waals surface area contributed by atoms with Crippen molar-refractivity contribution in [1.29, 1.82) is 0 Å². The van der Waals surface area contributed by atoms with Crippen molar-refractivity contribution in [1.82, 2.24) is 9.78 Å². The first-order valence-electron chi connectivity index (χ1n) is 5.24. The van der Waals surface area contributed by atoms with Crippen molar-refractivity contribution in [2.24, 2.45) is 7.05 Å². The molecule has 1 aromatic heterocycles. The Balaban J connectivity index is 2.10. The highest BCUT2D eigenvalue weighted by Gasteiger charge is 2.06. The summed E-state index contributed by atoms with van der Waals surface area (Å²) in [5, 5.41) is 7.54. The van der Waals surface area contributed by atoms with E-state index < -0.39 is 0 Å². The highest BCUT2D eigenvalue weighted by Crippen LogP contribution is 2.19. The largest absolute Gasteiger partial charge is 0.378 e. The molecular weight excluding hydrogens is 241 g/mol. The molecule has 0 saturated heterocycles. The fourth-order valence-electron chi connectivity index (χ4n) is 1.54. The number of rotatable bonds is 3. The van der Waals surface area contributed by atoms with Gasteiger partial charge in [0.05, 0.1) is 11.9 Å². The molecular formula is C12H13ClFN3. The predicted octanol–water partition coefficient (Wildman–Crippen LogP) is 3.13. The molecule has 17 heavy (non-hydrogen) atoms. The highest BCUT2D eigenvalue weighted by molar-refractivity contribution is 6.30. The maximum atomic E-state index is 13.5. The third-order valence-corrected chi connectivity index (χ3v) is 2.97. The van der Waals surface area contributed by atoms with Crippen molar-refractivity contribution >= 4 is 17.3 Å². The van der Waals surface area contributed by atoms with Crippen LogP contribution in [0.25, 0.3) is 0 Å². The second-order valence-corrected chi connectivity index (χ2v) is 4.29. The minimum Gasteiger partial charge on any atom is -0.378 e. The number of nitrogens with zero attached hydrogens (tertiary/aromatic N) is 2. The molecule has 2 aromatic rings. The standard InChI is InChI=1S/C12H13ClFN3/c1-8-9(7-16-17(8)2)6-15-12-4-3-10(13)5-11(12)14/h3-5,7,15H,6H2,1-2H3. The average molecular weight is 254 g/mol. The Morgan fingerprint density at radius 2 is 2.24 bits per heavy atom. The highest BCUT2D eigenvalue weighted by atomic mass is 35.5. The lowest BCUT2D eigenvalue weighted by molar-refractivity contribution is 0.630. The summed E-state index contributed by atoms with van der Waals surface area (Å²) in [6.07, 6.45) is 1.77. The third kappa shape index (κ3) is 2.58. The summed E-state index contributed by atoms with van der Waals surface area (Å²) in [7, 11) is 1.88. The molecule has 0 aliphatic carbocycles. The van der Waals surface area contributed by atoms with E-state index in [1.165, 1.54) is 6.07 Å². The Kier molecular flexibility index (Phi) is 3.33. The average Bonchev–Trinajstić information content (AvgIpc) is 2.59. The molecule has 0 saturated carbocycles. The van der Waals surface area contributed by atoms with Crippen LogP contribution in [0.5, 0.6) is 0 Å². The molecule has 90 valence electrons. The summed E-state index contributed by atoms with van der Waals surface area (Å²) >= 11 is 5.68. The topological polar surface area (TPSA) is 29.9 Å². The van der Waals surface area contributed by atoms with Gasteiger partial charge in [-0.3, -0.25) is 4.68 Å². The second kappa shape index (κ2) is 4.75. The van der Waals surface area contributed by atoms with Gasteiger partial charge in [-0.05, 0) is 25.1 Å². The Morgan fingerprint density at radius 1 is 1.47 bits per heavy atom. The summed E-state index contributed by atoms with van der Waals surface area (Å²) in [5.74, 6) is -0.348. The maximum Gasteiger partial charge on any atom is 0.147 e. The number of aromatic nitrogens is 2. The molecule has 0 atom stereocenters. The van der Waals surface area contributed by atoms with Gasteiger partial charge >= 0.3 is 0 Å². The summed E-state index contributed by atoms with van der Waals surface area (Å²) in [6.45, 7) is 2.51. The Morgan fingerprint density at radius 3 is 2.82 bits per heavy atom. The van der Waals surface area contributed by atoms with Crippen molar-refractivity contribution in [3.05, 3.63) is 46.5 Å². The number of anilines is 1. The number of aryl methyl sites for hydroxylation is 1. The van der Waals surface area contributed by atoms with E-state index in [1.807, 2.05) is 14.0 Å². The summed E-state index contributed by atoms with van der Waals surface area (Å²) < 4.78 is 15.3. The van der Waals surface area contributed by atoms with Gasteiger partial charge in [0.15, 0.2) is 0 Å². The first-order valence-corrected chi connectivity index (χ1v) is 5.62. The van der Waals surface area contributed by atoms with E-state index in [9.17, 15) is 4.39 Å². The smallest absolute Gasteiger partial charge is 0.147 e. The van der Waals surface area contributed by atoms with E-state index in [0.717, 1.165) is 11.3 Å². The first kappa shape index (κ1) is 11.9. The van der Waals surface area contributed by atoms with Gasteiger partial charge in [0.25, 0.3) is 0 Å². The van der Waals surface area contributed by atoms with Gasteiger partial charge in [-0.2, -0.15) is 5.10 Å². The zero-order valence-electron chi connectivity index (χ0n) is 9.67. The Bertz CT molecular complexity index is 537. The monoisotopic (exact) mass is 253 g/mol. The molecule has 0 unspecified atom stereocenters. The van der Waals surface area contributed by atoms with Crippen LogP contribution in [0.3, 0.4) is 0 Å². The van der Waals surface area contributed by atoms with E-state index >= 15 is 0 Å². The van der Waals surface area contributed by atoms with E-state index in [4.69, 9.17) is 11.6 Å². The summed E-state index contributed by atoms with van der Waals surface area (Å²) in [6, 6.07) is 4.58. The number of nitrogens with one attached hydrogen (secondary N) is 1. The molecule has 1 N–H and O–H groups in total. The normalized spacial score (nSPS) is 10.6. The van der Waals surface area contributed by atoms with E-state index in [-0.39, 0.29) is 5.82 Å². The number of hydrogen-bond donors (Lipinski definition) is 1. The van der Waals surface area contributed by atoms with Gasteiger partial charge in [0.2, 0.25) is 0 Å². The summed E-state index contributed by atoms with van der Waals surface area (Å²) in [4.78, 5) is 0. The quantitative estimate of drug-likeness (QED) is 0.911. The molecule has 5 heteroatoms. The SMILES string of the molecule is Cc1c(CNc2ccc(Cl)cc2F)cnn1C. The van der Waals surface area contributed by atoms with Crippen molar-refractivity contribution in [3.63, 3.8) is 0 Å². The molecule has 0 radical (unpaired) electrons. The van der Waals surface area contributed by atoms with E-state index in [0.29, 0.717) is 17.3 Å². The minimum absolute atomic E-state index is 0.348. The number of hydrogen-bond acceptors (Lipinski definition) is 2. The van der Waals surface area contributed by atoms with E-state index in [1.54, 1.807) is 23.0 Å². The molecule has 0 fully saturated rings. The van der Waals surface area contributed by atoms with Crippen LogP contribution in [0.4, 0.5) is 10.1 Å². The zero-order chi connectivity index (χ0) is 12.4. The van der Waals surface area contributed by atoms with Gasteiger partial charge in [-0.1, -0.05) is 11.6 Å². The lowest BCUT2D eigenvalue weighted by atomic mass is 10.2. The molecule has 2 rings (SSSR count). The van der Waals surface area contributed by atoms with Crippen molar-refractivity contribution in [3.8, 4) is 0 Å². The van der Waals surface area contributed by atoms with Crippen LogP contribution in [0.2, 0.25) is 5.02 Å². The lowest BCUT2D eigenvalue weighted by Gasteiger charge is -2.07. The molecule has 3 nitrogen and oxygen atoms in total. The molecule has 1 aromatic carbocycles. The fraction of sp³-hybridized carbons (Fsp3) is 0.250. The van der Waals surface area contributed by atoms with Crippen LogP contribution in [-0.2, 0) is 13.6 Å². The second-order valence-electron chi connectivity index (χ2n) is 3.86. The molecule has 1 heterocycles. The molecule has 0 aliphatic heterocycles. The van der Waals surface area contributed by atoms with Gasteiger partial charge < -0.3 is 5.32 Å². The van der Waals surface area contributed by atoms with Crippen molar-refractivity contribution in [2.45, 2.75) is 13.5 Å². The maximum absolute atomic E-state index is 13.5. The number of halogens is 2. The Labute approximate surface area is 104 Å². The Hall–Kier alpha value is -1.55. The van der Waals surface area contributed by atoms with Crippen molar-refractivity contribution < 1.29 is 4.39 Å². The molecule has 0 bridgehead atoms. The molecule has 0 aliphatic rings. The van der Waals surface area contributed by atoms with Crippen LogP contribution >= 0.6 is 11.6 Å². The zero-order valence-corrected chi connectivity index (χ0v) is 10.4. The molecule has 0 spiro atoms. The molecule has 0 amide bonds. The van der Waals surface area contributed by atoms with Crippen LogP contribution < -0.4 is 5.32 Å². The minimum atomic E-state index is -0.348. The van der Waals surface area contributed by atoms with Gasteiger partial charge in [0.1, 0.15) is 5.82 Å². The van der Waals surface area contributed by atoms with Crippen LogP contribution in [0, 0.1) is 12.7 Å². The predicted molar refractivity (Wildman–Crippen MR) is 66.7 cm³/mol. The van der Waals surface area contributed by atoms with Gasteiger partial charge in [-0.15, -0.1) is 0 Å². The lowest BCUT2D eigenvalue weighted by Crippen LogP contribution is -2.03. The summed E-state index contributed by atoms with van der Waals surface area (Å²) in [5.41, 5.74) is 2.55. The van der Waals surface area contributed by atoms with Crippen molar-refractivity contribution in [2.75, 3.05) is 5.32 Å². The van der Waals surface area contributed by atoms with Crippen LogP contribution in [0.1, 0.15) is 11.3 Å². The fourth-order valence-corrected chi connectivity index (χ4v) is 1.70.